The highest BCUT2D eigenvalue weighted by molar-refractivity contribution is 7.92. The molecule has 0 fully saturated rings. The number of sulfonamides is 1. The van der Waals surface area contributed by atoms with Gasteiger partial charge in [0.15, 0.2) is 0 Å². The molecule has 0 unspecified atom stereocenters. The molecule has 0 saturated heterocycles. The first-order valence-corrected chi connectivity index (χ1v) is 11.6. The Morgan fingerprint density at radius 2 is 1.50 bits per heavy atom. The summed E-state index contributed by atoms with van der Waals surface area (Å²) in [6.07, 6.45) is 0. The summed E-state index contributed by atoms with van der Waals surface area (Å²) in [5.74, 6) is -0.832. The molecule has 166 valence electrons. The summed E-state index contributed by atoms with van der Waals surface area (Å²) in [4.78, 5) is 25.3. The van der Waals surface area contributed by atoms with Crippen molar-refractivity contribution in [1.29, 1.82) is 0 Å². The van der Waals surface area contributed by atoms with Gasteiger partial charge in [-0.3, -0.25) is 14.3 Å². The zero-order valence-corrected chi connectivity index (χ0v) is 18.9. The molecule has 0 heterocycles. The average molecular weight is 452 g/mol. The smallest absolute Gasteiger partial charge is 0.262 e. The third kappa shape index (κ3) is 5.53. The number of rotatable bonds is 7. The SMILES string of the molecule is Cc1ccc(C(=O)Nc2ccccc2C(=O)NC(C)C)cc1S(=O)(=O)Nc1ccccc1. The lowest BCUT2D eigenvalue weighted by Gasteiger charge is -2.14. The molecule has 0 saturated carbocycles. The molecular weight excluding hydrogens is 426 g/mol. The van der Waals surface area contributed by atoms with Gasteiger partial charge in [0.1, 0.15) is 0 Å². The van der Waals surface area contributed by atoms with Crippen LogP contribution in [0.3, 0.4) is 0 Å². The molecule has 0 bridgehead atoms. The lowest BCUT2D eigenvalue weighted by Crippen LogP contribution is -2.31. The molecule has 2 amide bonds. The van der Waals surface area contributed by atoms with Gasteiger partial charge < -0.3 is 10.6 Å². The number of para-hydroxylation sites is 2. The zero-order chi connectivity index (χ0) is 23.3. The fourth-order valence-corrected chi connectivity index (χ4v) is 4.40. The van der Waals surface area contributed by atoms with E-state index in [-0.39, 0.29) is 22.4 Å². The lowest BCUT2D eigenvalue weighted by molar-refractivity contribution is 0.0944. The molecule has 7 nitrogen and oxygen atoms in total. The van der Waals surface area contributed by atoms with Gasteiger partial charge in [-0.15, -0.1) is 0 Å². The molecule has 0 atom stereocenters. The Morgan fingerprint density at radius 1 is 0.844 bits per heavy atom. The van der Waals surface area contributed by atoms with Crippen molar-refractivity contribution in [2.45, 2.75) is 31.7 Å². The molecule has 3 N–H and O–H groups in total. The van der Waals surface area contributed by atoms with Crippen molar-refractivity contribution in [2.75, 3.05) is 10.0 Å². The van der Waals surface area contributed by atoms with Gasteiger partial charge in [-0.25, -0.2) is 8.42 Å². The second-order valence-corrected chi connectivity index (χ2v) is 9.23. The van der Waals surface area contributed by atoms with Crippen molar-refractivity contribution in [3.63, 3.8) is 0 Å². The fraction of sp³-hybridized carbons (Fsp3) is 0.167. The Hall–Kier alpha value is -3.65. The number of aryl methyl sites for hydroxylation is 1. The van der Waals surface area contributed by atoms with Crippen LogP contribution in [0.5, 0.6) is 0 Å². The molecule has 0 aliphatic heterocycles. The molecule has 3 aromatic carbocycles. The molecular formula is C24H25N3O4S. The molecule has 8 heteroatoms. The zero-order valence-electron chi connectivity index (χ0n) is 18.0. The first kappa shape index (κ1) is 23.0. The average Bonchev–Trinajstić information content (AvgIpc) is 2.74. The van der Waals surface area contributed by atoms with Gasteiger partial charge in [0, 0.05) is 17.3 Å². The summed E-state index contributed by atoms with van der Waals surface area (Å²) < 4.78 is 28.3. The minimum Gasteiger partial charge on any atom is -0.350 e. The van der Waals surface area contributed by atoms with E-state index in [2.05, 4.69) is 15.4 Å². The van der Waals surface area contributed by atoms with Crippen LogP contribution >= 0.6 is 0 Å². The van der Waals surface area contributed by atoms with E-state index in [1.54, 1.807) is 73.7 Å². The molecule has 0 aliphatic carbocycles. The van der Waals surface area contributed by atoms with E-state index in [9.17, 15) is 18.0 Å². The standard InChI is InChI=1S/C24H25N3O4S/c1-16(2)25-24(29)20-11-7-8-12-21(20)26-23(28)18-14-13-17(3)22(15-18)32(30,31)27-19-9-5-4-6-10-19/h4-16,27H,1-3H3,(H,25,29)(H,26,28). The van der Waals surface area contributed by atoms with Crippen LogP contribution in [0, 0.1) is 6.92 Å². The molecule has 0 aromatic heterocycles. The Balaban J connectivity index is 1.88. The Kier molecular flexibility index (Phi) is 6.95. The summed E-state index contributed by atoms with van der Waals surface area (Å²) in [6, 6.07) is 19.5. The van der Waals surface area contributed by atoms with Gasteiger partial charge in [-0.05, 0) is 62.7 Å². The molecule has 0 spiro atoms. The van der Waals surface area contributed by atoms with Crippen LogP contribution in [-0.2, 0) is 10.0 Å². The van der Waals surface area contributed by atoms with Gasteiger partial charge in [-0.2, -0.15) is 0 Å². The predicted octanol–water partition coefficient (Wildman–Crippen LogP) is 4.19. The number of benzene rings is 3. The van der Waals surface area contributed by atoms with Crippen LogP contribution in [0.1, 0.15) is 40.1 Å². The van der Waals surface area contributed by atoms with Gasteiger partial charge in [0.25, 0.3) is 21.8 Å². The highest BCUT2D eigenvalue weighted by Crippen LogP contribution is 2.22. The van der Waals surface area contributed by atoms with Gasteiger partial charge in [0.05, 0.1) is 16.1 Å². The third-order valence-electron chi connectivity index (χ3n) is 4.61. The number of carbonyl (C=O) groups is 2. The van der Waals surface area contributed by atoms with Crippen molar-refractivity contribution in [2.24, 2.45) is 0 Å². The first-order chi connectivity index (χ1) is 15.2. The third-order valence-corrected chi connectivity index (χ3v) is 6.13. The van der Waals surface area contributed by atoms with E-state index in [1.807, 2.05) is 13.8 Å². The number of carbonyl (C=O) groups excluding carboxylic acids is 2. The summed E-state index contributed by atoms with van der Waals surface area (Å²) >= 11 is 0. The normalized spacial score (nSPS) is 11.1. The summed E-state index contributed by atoms with van der Waals surface area (Å²) in [7, 11) is -3.90. The molecule has 3 rings (SSSR count). The van der Waals surface area contributed by atoms with Crippen molar-refractivity contribution in [3.8, 4) is 0 Å². The maximum atomic E-state index is 12.9. The number of anilines is 2. The number of hydrogen-bond acceptors (Lipinski definition) is 4. The lowest BCUT2D eigenvalue weighted by atomic mass is 10.1. The number of amides is 2. The minimum atomic E-state index is -3.90. The second-order valence-electron chi connectivity index (χ2n) is 7.58. The maximum absolute atomic E-state index is 12.9. The summed E-state index contributed by atoms with van der Waals surface area (Å²) in [5.41, 5.74) is 1.74. The van der Waals surface area contributed by atoms with Crippen LogP contribution in [0.15, 0.2) is 77.7 Å². The van der Waals surface area contributed by atoms with Crippen molar-refractivity contribution < 1.29 is 18.0 Å². The first-order valence-electron chi connectivity index (χ1n) is 10.1. The Labute approximate surface area is 187 Å². The van der Waals surface area contributed by atoms with E-state index < -0.39 is 15.9 Å². The van der Waals surface area contributed by atoms with Gasteiger partial charge >= 0.3 is 0 Å². The predicted molar refractivity (Wildman–Crippen MR) is 125 cm³/mol. The molecule has 32 heavy (non-hydrogen) atoms. The van der Waals surface area contributed by atoms with Crippen LogP contribution < -0.4 is 15.4 Å². The molecule has 3 aromatic rings. The Bertz CT molecular complexity index is 1240. The van der Waals surface area contributed by atoms with Gasteiger partial charge in [0.2, 0.25) is 0 Å². The minimum absolute atomic E-state index is 0.000149. The summed E-state index contributed by atoms with van der Waals surface area (Å²) in [5, 5.41) is 5.51. The quantitative estimate of drug-likeness (QED) is 0.501. The van der Waals surface area contributed by atoms with Gasteiger partial charge in [-0.1, -0.05) is 36.4 Å². The maximum Gasteiger partial charge on any atom is 0.262 e. The van der Waals surface area contributed by atoms with Crippen LogP contribution in [0.4, 0.5) is 11.4 Å². The number of hydrogen-bond donors (Lipinski definition) is 3. The molecule has 0 radical (unpaired) electrons. The fourth-order valence-electron chi connectivity index (χ4n) is 3.07. The molecule has 0 aliphatic rings. The number of nitrogens with one attached hydrogen (secondary N) is 3. The van der Waals surface area contributed by atoms with Crippen LogP contribution in [-0.4, -0.2) is 26.3 Å². The van der Waals surface area contributed by atoms with Crippen LogP contribution in [0.2, 0.25) is 0 Å². The van der Waals surface area contributed by atoms with Crippen molar-refractivity contribution in [1.82, 2.24) is 5.32 Å². The van der Waals surface area contributed by atoms with E-state index >= 15 is 0 Å². The Morgan fingerprint density at radius 3 is 2.19 bits per heavy atom. The largest absolute Gasteiger partial charge is 0.350 e. The van der Waals surface area contributed by atoms with E-state index in [0.29, 0.717) is 22.5 Å². The summed E-state index contributed by atoms with van der Waals surface area (Å²) in [6.45, 7) is 5.35. The highest BCUT2D eigenvalue weighted by Gasteiger charge is 2.20. The van der Waals surface area contributed by atoms with E-state index in [4.69, 9.17) is 0 Å². The van der Waals surface area contributed by atoms with E-state index in [1.165, 1.54) is 6.07 Å². The van der Waals surface area contributed by atoms with Crippen molar-refractivity contribution in [3.05, 3.63) is 89.5 Å². The topological polar surface area (TPSA) is 104 Å². The monoisotopic (exact) mass is 451 g/mol. The van der Waals surface area contributed by atoms with Crippen LogP contribution in [0.25, 0.3) is 0 Å². The van der Waals surface area contributed by atoms with Crippen molar-refractivity contribution >= 4 is 33.2 Å². The van der Waals surface area contributed by atoms with E-state index in [0.717, 1.165) is 0 Å². The second kappa shape index (κ2) is 9.65. The highest BCUT2D eigenvalue weighted by atomic mass is 32.2.